The van der Waals surface area contributed by atoms with Crippen molar-refractivity contribution in [3.05, 3.63) is 58.1 Å². The zero-order valence-electron chi connectivity index (χ0n) is 17.2. The Bertz CT molecular complexity index is 1060. The highest BCUT2D eigenvalue weighted by Gasteiger charge is 2.23. The number of rotatable bonds is 8. The highest BCUT2D eigenvalue weighted by atomic mass is 35.5. The molecule has 2 amide bonds. The third-order valence-electron chi connectivity index (χ3n) is 4.33. The minimum atomic E-state index is -3.72. The van der Waals surface area contributed by atoms with Crippen LogP contribution >= 0.6 is 23.2 Å². The van der Waals surface area contributed by atoms with Crippen molar-refractivity contribution >= 4 is 45.0 Å². The Labute approximate surface area is 191 Å². The van der Waals surface area contributed by atoms with Gasteiger partial charge in [0.05, 0.1) is 9.92 Å². The number of ether oxygens (including phenoxy) is 1. The predicted octanol–water partition coefficient (Wildman–Crippen LogP) is 3.25. The van der Waals surface area contributed by atoms with Crippen LogP contribution in [0, 0.1) is 0 Å². The molecule has 0 spiro atoms. The van der Waals surface area contributed by atoms with Crippen LogP contribution in [0.2, 0.25) is 10.0 Å². The zero-order valence-corrected chi connectivity index (χ0v) is 19.5. The van der Waals surface area contributed by atoms with Crippen molar-refractivity contribution in [3.8, 4) is 5.75 Å². The van der Waals surface area contributed by atoms with Gasteiger partial charge in [0.2, 0.25) is 10.0 Å². The largest absolute Gasteiger partial charge is 0.479 e. The average Bonchev–Trinajstić information content (AvgIpc) is 2.75. The minimum absolute atomic E-state index is 0.0116. The molecule has 0 aromatic heterocycles. The average molecular weight is 488 g/mol. The normalized spacial score (nSPS) is 12.3. The van der Waals surface area contributed by atoms with Crippen LogP contribution in [0.25, 0.3) is 0 Å². The molecule has 2 aromatic rings. The lowest BCUT2D eigenvalue weighted by Gasteiger charge is -2.19. The van der Waals surface area contributed by atoms with E-state index in [2.05, 4.69) is 10.9 Å². The van der Waals surface area contributed by atoms with Crippen LogP contribution in [0.5, 0.6) is 5.75 Å². The number of hydrogen-bond acceptors (Lipinski definition) is 5. The molecule has 0 aliphatic carbocycles. The number of carbonyl (C=O) groups excluding carboxylic acids is 2. The van der Waals surface area contributed by atoms with E-state index in [0.29, 0.717) is 13.1 Å². The van der Waals surface area contributed by atoms with Crippen molar-refractivity contribution in [2.45, 2.75) is 31.8 Å². The van der Waals surface area contributed by atoms with Gasteiger partial charge in [0, 0.05) is 18.7 Å². The van der Waals surface area contributed by atoms with Crippen LogP contribution in [0.15, 0.2) is 47.4 Å². The number of nitrogens with zero attached hydrogens (tertiary/aromatic N) is 1. The molecule has 168 valence electrons. The number of halogens is 2. The molecular formula is C20H23Cl2N3O5S. The van der Waals surface area contributed by atoms with E-state index in [-0.39, 0.29) is 26.3 Å². The molecule has 2 aromatic carbocycles. The second kappa shape index (κ2) is 10.8. The third kappa shape index (κ3) is 6.10. The first kappa shape index (κ1) is 24.9. The van der Waals surface area contributed by atoms with E-state index in [1.807, 2.05) is 0 Å². The highest BCUT2D eigenvalue weighted by Crippen LogP contribution is 2.32. The van der Waals surface area contributed by atoms with Crippen molar-refractivity contribution in [1.29, 1.82) is 0 Å². The first-order valence-electron chi connectivity index (χ1n) is 9.42. The van der Waals surface area contributed by atoms with E-state index in [0.717, 1.165) is 0 Å². The van der Waals surface area contributed by atoms with Crippen LogP contribution in [0.1, 0.15) is 31.1 Å². The summed E-state index contributed by atoms with van der Waals surface area (Å²) in [7, 11) is -3.72. The fourth-order valence-electron chi connectivity index (χ4n) is 2.62. The summed E-state index contributed by atoms with van der Waals surface area (Å²) in [5.74, 6) is -1.10. The Kier molecular flexibility index (Phi) is 8.69. The zero-order chi connectivity index (χ0) is 23.2. The van der Waals surface area contributed by atoms with Crippen molar-refractivity contribution in [2.24, 2.45) is 0 Å². The van der Waals surface area contributed by atoms with Crippen LogP contribution in [-0.4, -0.2) is 43.7 Å². The molecule has 31 heavy (non-hydrogen) atoms. The summed E-state index contributed by atoms with van der Waals surface area (Å²) in [6, 6.07) is 10.3. The first-order valence-corrected chi connectivity index (χ1v) is 11.6. The number of carbonyl (C=O) groups is 2. The summed E-state index contributed by atoms with van der Waals surface area (Å²) in [6.07, 6.45) is -0.995. The molecule has 0 saturated heterocycles. The number of hydrazine groups is 1. The fraction of sp³-hybridized carbons (Fsp3) is 0.300. The van der Waals surface area contributed by atoms with Crippen molar-refractivity contribution in [1.82, 2.24) is 15.2 Å². The van der Waals surface area contributed by atoms with E-state index in [1.54, 1.807) is 32.0 Å². The Morgan fingerprint density at radius 2 is 1.71 bits per heavy atom. The second-order valence-electron chi connectivity index (χ2n) is 6.37. The van der Waals surface area contributed by atoms with Gasteiger partial charge in [-0.05, 0) is 37.3 Å². The summed E-state index contributed by atoms with van der Waals surface area (Å²) in [6.45, 7) is 5.54. The van der Waals surface area contributed by atoms with E-state index < -0.39 is 27.9 Å². The smallest absolute Gasteiger partial charge is 0.279 e. The highest BCUT2D eigenvalue weighted by molar-refractivity contribution is 7.89. The molecule has 2 N–H and O–H groups in total. The SMILES string of the molecule is CCN(CC)S(=O)(=O)c1cccc(C(=O)NNC(=O)C(C)Oc2cccc(Cl)c2Cl)c1. The van der Waals surface area contributed by atoms with E-state index >= 15 is 0 Å². The predicted molar refractivity (Wildman–Crippen MR) is 119 cm³/mol. The summed E-state index contributed by atoms with van der Waals surface area (Å²) >= 11 is 11.9. The van der Waals surface area contributed by atoms with E-state index in [9.17, 15) is 18.0 Å². The van der Waals surface area contributed by atoms with Crippen molar-refractivity contribution < 1.29 is 22.7 Å². The van der Waals surface area contributed by atoms with Gasteiger partial charge in [0.25, 0.3) is 11.8 Å². The maximum Gasteiger partial charge on any atom is 0.279 e. The summed E-state index contributed by atoms with van der Waals surface area (Å²) < 4.78 is 32.0. The van der Waals surface area contributed by atoms with Gasteiger partial charge >= 0.3 is 0 Å². The number of amides is 2. The lowest BCUT2D eigenvalue weighted by molar-refractivity contribution is -0.128. The molecule has 0 fully saturated rings. The Morgan fingerprint density at radius 3 is 2.35 bits per heavy atom. The van der Waals surface area contributed by atoms with Crippen LogP contribution in [-0.2, 0) is 14.8 Å². The van der Waals surface area contributed by atoms with Gasteiger partial charge in [0.1, 0.15) is 10.8 Å². The lowest BCUT2D eigenvalue weighted by Crippen LogP contribution is -2.47. The topological polar surface area (TPSA) is 105 Å². The van der Waals surface area contributed by atoms with Gasteiger partial charge in [-0.1, -0.05) is 49.2 Å². The molecule has 11 heteroatoms. The Balaban J connectivity index is 2.04. The maximum absolute atomic E-state index is 12.6. The summed E-state index contributed by atoms with van der Waals surface area (Å²) in [5, 5.41) is 0.443. The number of sulfonamides is 1. The molecule has 1 atom stereocenters. The Hall–Kier alpha value is -2.33. The summed E-state index contributed by atoms with van der Waals surface area (Å²) in [4.78, 5) is 24.6. The monoisotopic (exact) mass is 487 g/mol. The van der Waals surface area contributed by atoms with Crippen LogP contribution in [0.4, 0.5) is 0 Å². The number of hydrogen-bond donors (Lipinski definition) is 2. The molecule has 1 unspecified atom stereocenters. The molecule has 0 aliphatic rings. The molecule has 0 heterocycles. The fourth-order valence-corrected chi connectivity index (χ4v) is 4.46. The van der Waals surface area contributed by atoms with Gasteiger partial charge in [0.15, 0.2) is 6.10 Å². The van der Waals surface area contributed by atoms with E-state index in [4.69, 9.17) is 27.9 Å². The van der Waals surface area contributed by atoms with Crippen LogP contribution in [0.3, 0.4) is 0 Å². The number of benzene rings is 2. The standard InChI is InChI=1S/C20H23Cl2N3O5S/c1-4-25(5-2)31(28,29)15-9-6-8-14(12-15)20(27)24-23-19(26)13(3)30-17-11-7-10-16(21)18(17)22/h6-13H,4-5H2,1-3H3,(H,23,26)(H,24,27). The molecule has 0 radical (unpaired) electrons. The minimum Gasteiger partial charge on any atom is -0.479 e. The quantitative estimate of drug-likeness (QED) is 0.556. The molecule has 0 saturated carbocycles. The Morgan fingerprint density at radius 1 is 1.06 bits per heavy atom. The molecule has 0 bridgehead atoms. The van der Waals surface area contributed by atoms with Gasteiger partial charge in [-0.2, -0.15) is 4.31 Å². The van der Waals surface area contributed by atoms with Gasteiger partial charge in [-0.3, -0.25) is 20.4 Å². The van der Waals surface area contributed by atoms with Gasteiger partial charge in [-0.15, -0.1) is 0 Å². The maximum atomic E-state index is 12.6. The molecule has 2 rings (SSSR count). The van der Waals surface area contributed by atoms with Gasteiger partial charge < -0.3 is 4.74 Å². The van der Waals surface area contributed by atoms with Crippen molar-refractivity contribution in [2.75, 3.05) is 13.1 Å². The lowest BCUT2D eigenvalue weighted by atomic mass is 10.2. The summed E-state index contributed by atoms with van der Waals surface area (Å²) in [5.41, 5.74) is 4.55. The third-order valence-corrected chi connectivity index (χ3v) is 7.18. The molecule has 8 nitrogen and oxygen atoms in total. The number of nitrogens with one attached hydrogen (secondary N) is 2. The second-order valence-corrected chi connectivity index (χ2v) is 9.10. The van der Waals surface area contributed by atoms with E-state index in [1.165, 1.54) is 35.5 Å². The van der Waals surface area contributed by atoms with Crippen LogP contribution < -0.4 is 15.6 Å². The molecule has 0 aliphatic heterocycles. The van der Waals surface area contributed by atoms with Crippen molar-refractivity contribution in [3.63, 3.8) is 0 Å². The first-order chi connectivity index (χ1) is 14.6. The molecular weight excluding hydrogens is 465 g/mol. The van der Waals surface area contributed by atoms with Gasteiger partial charge in [-0.25, -0.2) is 8.42 Å².